The topological polar surface area (TPSA) is 45.5 Å². The summed E-state index contributed by atoms with van der Waals surface area (Å²) in [5.41, 5.74) is 4.00. The number of rotatable bonds is 3. The number of H-pyrrole nitrogens is 1. The van der Waals surface area contributed by atoms with Gasteiger partial charge in [-0.25, -0.2) is 9.83 Å². The van der Waals surface area contributed by atoms with Crippen molar-refractivity contribution in [2.24, 2.45) is 0 Å². The van der Waals surface area contributed by atoms with Crippen LogP contribution in [-0.2, 0) is 4.74 Å². The monoisotopic (exact) mass is 418 g/mol. The van der Waals surface area contributed by atoms with E-state index in [2.05, 4.69) is 19.7 Å². The molecule has 0 saturated carbocycles. The van der Waals surface area contributed by atoms with Gasteiger partial charge < -0.3 is 14.6 Å². The number of aromatic amines is 1. The van der Waals surface area contributed by atoms with Crippen molar-refractivity contribution < 1.29 is 4.74 Å². The maximum absolute atomic E-state index is 7.87. The van der Waals surface area contributed by atoms with Gasteiger partial charge in [0.25, 0.3) is 0 Å². The van der Waals surface area contributed by atoms with E-state index in [-0.39, 0.29) is 0 Å². The maximum Gasteiger partial charge on any atom is 0.228 e. The van der Waals surface area contributed by atoms with Crippen LogP contribution in [0.4, 0.5) is 10.7 Å². The highest BCUT2D eigenvalue weighted by molar-refractivity contribution is 7.21. The van der Waals surface area contributed by atoms with E-state index < -0.39 is 0 Å². The molecule has 4 rings (SSSR count). The van der Waals surface area contributed by atoms with Gasteiger partial charge in [0.05, 0.1) is 36.0 Å². The molecule has 8 heteroatoms. The molecule has 3 aromatic rings. The molecule has 0 spiro atoms. The van der Waals surface area contributed by atoms with Gasteiger partial charge in [0.2, 0.25) is 5.69 Å². The fourth-order valence-corrected chi connectivity index (χ4v) is 5.06. The number of thiophene rings is 1. The number of anilines is 1. The lowest BCUT2D eigenvalue weighted by Crippen LogP contribution is -2.35. The smallest absolute Gasteiger partial charge is 0.228 e. The minimum Gasteiger partial charge on any atom is -0.378 e. The first-order valence-corrected chi connectivity index (χ1v) is 10.00. The average Bonchev–Trinajstić information content (AvgIpc) is 3.25. The van der Waals surface area contributed by atoms with Crippen LogP contribution in [0.3, 0.4) is 0 Å². The Morgan fingerprint density at radius 3 is 2.70 bits per heavy atom. The van der Waals surface area contributed by atoms with Gasteiger partial charge in [-0.3, -0.25) is 0 Å². The highest BCUT2D eigenvalue weighted by Crippen LogP contribution is 2.54. The van der Waals surface area contributed by atoms with Crippen LogP contribution < -0.4 is 4.90 Å². The standard InChI is InChI=1S/C19H16Cl2N4OS/c1-11-16(24-10-23-11)18-15(13-4-3-12(20)9-14(13)21)17(22-2)19(27-18)25-5-7-26-8-6-25/h3-4,9-10H,5-8H2,1H3,(H,23,24). The van der Waals surface area contributed by atoms with Crippen LogP contribution in [0.15, 0.2) is 24.5 Å². The van der Waals surface area contributed by atoms with Gasteiger partial charge in [0.1, 0.15) is 5.69 Å². The SMILES string of the molecule is [C-]#[N+]c1c(N2CCOCC2)sc(-c2nc[nH]c2C)c1-c1ccc(Cl)cc1Cl. The summed E-state index contributed by atoms with van der Waals surface area (Å²) in [5, 5.41) is 2.02. The second-order valence-electron chi connectivity index (χ2n) is 6.17. The van der Waals surface area contributed by atoms with E-state index in [4.69, 9.17) is 34.5 Å². The summed E-state index contributed by atoms with van der Waals surface area (Å²) < 4.78 is 5.47. The number of nitrogens with one attached hydrogen (secondary N) is 1. The Bertz CT molecular complexity index is 1030. The van der Waals surface area contributed by atoms with E-state index in [1.54, 1.807) is 29.8 Å². The van der Waals surface area contributed by atoms with E-state index in [1.807, 2.05) is 13.0 Å². The molecule has 0 unspecified atom stereocenters. The fourth-order valence-electron chi connectivity index (χ4n) is 3.19. The van der Waals surface area contributed by atoms with Crippen molar-refractivity contribution in [3.63, 3.8) is 0 Å². The van der Waals surface area contributed by atoms with Crippen LogP contribution >= 0.6 is 34.5 Å². The number of benzene rings is 1. The lowest BCUT2D eigenvalue weighted by molar-refractivity contribution is 0.123. The molecule has 0 amide bonds. The number of nitrogens with zero attached hydrogens (tertiary/aromatic N) is 3. The molecule has 1 saturated heterocycles. The normalized spacial score (nSPS) is 14.4. The third-order valence-electron chi connectivity index (χ3n) is 4.52. The van der Waals surface area contributed by atoms with Gasteiger partial charge in [-0.15, -0.1) is 11.3 Å². The predicted octanol–water partition coefficient (Wildman–Crippen LogP) is 5.81. The predicted molar refractivity (Wildman–Crippen MR) is 111 cm³/mol. The molecule has 138 valence electrons. The molecule has 1 fully saturated rings. The first-order chi connectivity index (χ1) is 13.1. The van der Waals surface area contributed by atoms with Gasteiger partial charge in [-0.1, -0.05) is 29.3 Å². The largest absolute Gasteiger partial charge is 0.378 e. The molecule has 3 heterocycles. The number of halogens is 2. The van der Waals surface area contributed by atoms with Crippen LogP contribution in [-0.4, -0.2) is 36.3 Å². The van der Waals surface area contributed by atoms with Crippen LogP contribution in [0, 0.1) is 13.5 Å². The molecular weight excluding hydrogens is 403 g/mol. The van der Waals surface area contributed by atoms with Crippen molar-refractivity contribution in [1.29, 1.82) is 0 Å². The molecule has 1 aliphatic rings. The number of imidazole rings is 1. The molecule has 1 aliphatic heterocycles. The van der Waals surface area contributed by atoms with Crippen molar-refractivity contribution in [1.82, 2.24) is 9.97 Å². The van der Waals surface area contributed by atoms with Gasteiger partial charge in [-0.2, -0.15) is 0 Å². The zero-order valence-corrected chi connectivity index (χ0v) is 16.9. The van der Waals surface area contributed by atoms with Gasteiger partial charge >= 0.3 is 0 Å². The number of hydrogen-bond donors (Lipinski definition) is 1. The van der Waals surface area contributed by atoms with Gasteiger partial charge in [0.15, 0.2) is 0 Å². The van der Waals surface area contributed by atoms with E-state index in [9.17, 15) is 0 Å². The summed E-state index contributed by atoms with van der Waals surface area (Å²) in [6.45, 7) is 12.7. The molecule has 1 N–H and O–H groups in total. The molecule has 0 atom stereocenters. The number of morpholine rings is 1. The summed E-state index contributed by atoms with van der Waals surface area (Å²) in [7, 11) is 0. The summed E-state index contributed by atoms with van der Waals surface area (Å²) in [6.07, 6.45) is 1.67. The summed E-state index contributed by atoms with van der Waals surface area (Å²) in [5.74, 6) is 0. The Morgan fingerprint density at radius 2 is 2.07 bits per heavy atom. The molecule has 5 nitrogen and oxygen atoms in total. The Morgan fingerprint density at radius 1 is 1.30 bits per heavy atom. The number of ether oxygens (including phenoxy) is 1. The lowest BCUT2D eigenvalue weighted by atomic mass is 10.0. The minimum atomic E-state index is 0.521. The summed E-state index contributed by atoms with van der Waals surface area (Å²) in [6, 6.07) is 5.37. The zero-order chi connectivity index (χ0) is 19.0. The Kier molecular flexibility index (Phi) is 5.11. The van der Waals surface area contributed by atoms with Crippen LogP contribution in [0.2, 0.25) is 10.0 Å². The molecular formula is C19H16Cl2N4OS. The Hall–Kier alpha value is -2.04. The molecule has 0 radical (unpaired) electrons. The van der Waals surface area contributed by atoms with Gasteiger partial charge in [0, 0.05) is 34.4 Å². The van der Waals surface area contributed by atoms with Gasteiger partial charge in [-0.05, 0) is 24.6 Å². The number of aromatic nitrogens is 2. The van der Waals surface area contributed by atoms with Crippen molar-refractivity contribution in [2.45, 2.75) is 6.92 Å². The second kappa shape index (κ2) is 7.53. The van der Waals surface area contributed by atoms with Crippen LogP contribution in [0.25, 0.3) is 26.5 Å². The number of hydrogen-bond acceptors (Lipinski definition) is 4. The number of aryl methyl sites for hydroxylation is 1. The van der Waals surface area contributed by atoms with Crippen molar-refractivity contribution in [3.05, 3.63) is 51.7 Å². The zero-order valence-electron chi connectivity index (χ0n) is 14.6. The van der Waals surface area contributed by atoms with E-state index in [0.29, 0.717) is 28.9 Å². The first-order valence-electron chi connectivity index (χ1n) is 8.43. The summed E-state index contributed by atoms with van der Waals surface area (Å²) >= 11 is 14.2. The molecule has 27 heavy (non-hydrogen) atoms. The van der Waals surface area contributed by atoms with E-state index in [0.717, 1.165) is 45.5 Å². The third kappa shape index (κ3) is 3.32. The Balaban J connectivity index is 1.98. The first kappa shape index (κ1) is 18.3. The molecule has 0 aliphatic carbocycles. The van der Waals surface area contributed by atoms with E-state index in [1.165, 1.54) is 0 Å². The molecule has 2 aromatic heterocycles. The van der Waals surface area contributed by atoms with Crippen molar-refractivity contribution in [3.8, 4) is 21.7 Å². The highest BCUT2D eigenvalue weighted by atomic mass is 35.5. The van der Waals surface area contributed by atoms with Crippen LogP contribution in [0.5, 0.6) is 0 Å². The maximum atomic E-state index is 7.87. The minimum absolute atomic E-state index is 0.521. The lowest BCUT2D eigenvalue weighted by Gasteiger charge is -2.28. The fraction of sp³-hybridized carbons (Fsp3) is 0.263. The second-order valence-corrected chi connectivity index (χ2v) is 8.01. The quantitative estimate of drug-likeness (QED) is 0.545. The third-order valence-corrected chi connectivity index (χ3v) is 6.32. The highest BCUT2D eigenvalue weighted by Gasteiger charge is 2.28. The van der Waals surface area contributed by atoms with Crippen molar-refractivity contribution in [2.75, 3.05) is 31.2 Å². The Labute approximate surface area is 171 Å². The van der Waals surface area contributed by atoms with E-state index >= 15 is 0 Å². The summed E-state index contributed by atoms with van der Waals surface area (Å²) in [4.78, 5) is 14.7. The van der Waals surface area contributed by atoms with Crippen LogP contribution in [0.1, 0.15) is 5.69 Å². The van der Waals surface area contributed by atoms with Crippen molar-refractivity contribution >= 4 is 45.2 Å². The average molecular weight is 419 g/mol. The molecule has 0 bridgehead atoms. The molecule has 1 aromatic carbocycles.